The molecule has 1 amide bonds. The van der Waals surface area contributed by atoms with E-state index >= 15 is 0 Å². The third-order valence-electron chi connectivity index (χ3n) is 5.61. The number of benzene rings is 1. The first kappa shape index (κ1) is 20.0. The number of anilines is 3. The predicted octanol–water partition coefficient (Wildman–Crippen LogP) is 1.91. The molecule has 9 heteroatoms. The number of fused-ring (bicyclic) bond motifs is 2. The summed E-state index contributed by atoms with van der Waals surface area (Å²) in [7, 11) is 5.14. The largest absolute Gasteiger partial charge is 0.495 e. The molecule has 0 unspecified atom stereocenters. The predicted molar refractivity (Wildman–Crippen MR) is 115 cm³/mol. The number of carbonyl (C=O) groups excluding carboxylic acids is 1. The zero-order valence-corrected chi connectivity index (χ0v) is 17.3. The Morgan fingerprint density at radius 2 is 2.13 bits per heavy atom. The minimum atomic E-state index is -0.712. The number of aliphatic hydroxyl groups excluding tert-OH is 1. The zero-order valence-electron chi connectivity index (χ0n) is 17.3. The van der Waals surface area contributed by atoms with Crippen molar-refractivity contribution in [2.24, 2.45) is 0 Å². The maximum atomic E-state index is 13.0. The van der Waals surface area contributed by atoms with Crippen molar-refractivity contribution in [2.45, 2.75) is 18.9 Å². The lowest BCUT2D eigenvalue weighted by atomic mass is 10.1. The third kappa shape index (κ3) is 3.52. The van der Waals surface area contributed by atoms with Crippen molar-refractivity contribution in [3.8, 4) is 5.75 Å². The number of H-pyrrole nitrogens is 1. The number of hydrogen-bond donors (Lipinski definition) is 3. The summed E-state index contributed by atoms with van der Waals surface area (Å²) in [5, 5.41) is 14.3. The van der Waals surface area contributed by atoms with Crippen LogP contribution in [0.1, 0.15) is 12.0 Å². The first-order chi connectivity index (χ1) is 14.5. The Bertz CT molecular complexity index is 1070. The zero-order chi connectivity index (χ0) is 21.3. The van der Waals surface area contributed by atoms with Crippen molar-refractivity contribution >= 4 is 34.1 Å². The number of aromatic amines is 1. The molecular formula is C21H26N6O3. The van der Waals surface area contributed by atoms with Crippen molar-refractivity contribution in [3.05, 3.63) is 36.3 Å². The summed E-state index contributed by atoms with van der Waals surface area (Å²) in [5.41, 5.74) is 3.35. The van der Waals surface area contributed by atoms with Crippen molar-refractivity contribution in [1.29, 1.82) is 0 Å². The molecule has 0 saturated heterocycles. The van der Waals surface area contributed by atoms with E-state index in [0.717, 1.165) is 40.9 Å². The summed E-state index contributed by atoms with van der Waals surface area (Å²) < 4.78 is 5.51. The number of aryl methyl sites for hydroxylation is 1. The number of ether oxygens (including phenoxy) is 1. The van der Waals surface area contributed by atoms with Gasteiger partial charge >= 0.3 is 0 Å². The average Bonchev–Trinajstić information content (AvgIpc) is 3.17. The SMILES string of the molecule is COc1ccc2cc1N(C)[C@@H](CO)C(=O)N(C)CCCc1c[nH]c3ncnc(c13)N2. The maximum absolute atomic E-state index is 13.0. The number of aliphatic hydroxyl groups is 1. The van der Waals surface area contributed by atoms with Gasteiger partial charge in [-0.15, -0.1) is 0 Å². The van der Waals surface area contributed by atoms with Gasteiger partial charge in [-0.25, -0.2) is 9.97 Å². The summed E-state index contributed by atoms with van der Waals surface area (Å²) in [6.07, 6.45) is 5.02. The molecule has 3 aromatic rings. The molecular weight excluding hydrogens is 384 g/mol. The molecule has 3 heterocycles. The Morgan fingerprint density at radius 1 is 1.30 bits per heavy atom. The van der Waals surface area contributed by atoms with E-state index in [1.807, 2.05) is 24.4 Å². The highest BCUT2D eigenvalue weighted by atomic mass is 16.5. The van der Waals surface area contributed by atoms with Gasteiger partial charge in [0.05, 0.1) is 24.8 Å². The summed E-state index contributed by atoms with van der Waals surface area (Å²) in [6, 6.07) is 4.90. The van der Waals surface area contributed by atoms with Gasteiger partial charge in [0.25, 0.3) is 0 Å². The third-order valence-corrected chi connectivity index (χ3v) is 5.61. The fourth-order valence-electron chi connectivity index (χ4n) is 3.90. The number of nitrogens with one attached hydrogen (secondary N) is 2. The van der Waals surface area contributed by atoms with E-state index in [-0.39, 0.29) is 12.5 Å². The number of aromatic nitrogens is 3. The molecule has 1 aliphatic rings. The Morgan fingerprint density at radius 3 is 2.90 bits per heavy atom. The van der Waals surface area contributed by atoms with Gasteiger partial charge < -0.3 is 29.9 Å². The Hall–Kier alpha value is -3.33. The van der Waals surface area contributed by atoms with Crippen molar-refractivity contribution in [1.82, 2.24) is 19.9 Å². The van der Waals surface area contributed by atoms with E-state index in [1.165, 1.54) is 6.33 Å². The second-order valence-corrected chi connectivity index (χ2v) is 7.44. The number of rotatable bonds is 2. The van der Waals surface area contributed by atoms with Crippen LogP contribution in [0.15, 0.2) is 30.7 Å². The second kappa shape index (κ2) is 8.19. The molecule has 0 radical (unpaired) electrons. The minimum Gasteiger partial charge on any atom is -0.495 e. The van der Waals surface area contributed by atoms with Gasteiger partial charge in [-0.05, 0) is 36.6 Å². The van der Waals surface area contributed by atoms with E-state index in [1.54, 1.807) is 31.0 Å². The Balaban J connectivity index is 1.85. The number of carbonyl (C=O) groups is 1. The molecule has 158 valence electrons. The summed E-state index contributed by atoms with van der Waals surface area (Å²) >= 11 is 0. The highest BCUT2D eigenvalue weighted by molar-refractivity contribution is 5.92. The Labute approximate surface area is 174 Å². The number of likely N-dealkylation sites (N-methyl/N-ethyl adjacent to an activating group) is 2. The lowest BCUT2D eigenvalue weighted by Gasteiger charge is -2.32. The summed E-state index contributed by atoms with van der Waals surface area (Å²) in [4.78, 5) is 28.5. The van der Waals surface area contributed by atoms with Crippen LogP contribution in [0.4, 0.5) is 17.2 Å². The highest BCUT2D eigenvalue weighted by Crippen LogP contribution is 2.34. The number of hydrogen-bond acceptors (Lipinski definition) is 7. The fourth-order valence-corrected chi connectivity index (χ4v) is 3.90. The van der Waals surface area contributed by atoms with Crippen LogP contribution < -0.4 is 15.0 Å². The minimum absolute atomic E-state index is 0.138. The smallest absolute Gasteiger partial charge is 0.247 e. The molecule has 0 spiro atoms. The first-order valence-corrected chi connectivity index (χ1v) is 9.88. The number of nitrogens with zero attached hydrogens (tertiary/aromatic N) is 4. The molecule has 3 N–H and O–H groups in total. The van der Waals surface area contributed by atoms with E-state index in [2.05, 4.69) is 20.3 Å². The van der Waals surface area contributed by atoms with Crippen LogP contribution in [0.25, 0.3) is 11.0 Å². The van der Waals surface area contributed by atoms with E-state index in [0.29, 0.717) is 18.0 Å². The van der Waals surface area contributed by atoms with Gasteiger partial charge in [-0.3, -0.25) is 4.79 Å². The topological polar surface area (TPSA) is 107 Å². The molecule has 30 heavy (non-hydrogen) atoms. The average molecular weight is 410 g/mol. The van der Waals surface area contributed by atoms with Gasteiger partial charge in [0.1, 0.15) is 29.6 Å². The summed E-state index contributed by atoms with van der Waals surface area (Å²) in [5.74, 6) is 1.19. The van der Waals surface area contributed by atoms with E-state index in [4.69, 9.17) is 4.74 Å². The van der Waals surface area contributed by atoms with Gasteiger partial charge in [0.2, 0.25) is 5.91 Å². The molecule has 4 rings (SSSR count). The monoisotopic (exact) mass is 410 g/mol. The number of amides is 1. The van der Waals surface area contributed by atoms with Crippen LogP contribution in [0.2, 0.25) is 0 Å². The second-order valence-electron chi connectivity index (χ2n) is 7.44. The van der Waals surface area contributed by atoms with Crippen molar-refractivity contribution in [3.63, 3.8) is 0 Å². The molecule has 2 bridgehead atoms. The lowest BCUT2D eigenvalue weighted by molar-refractivity contribution is -0.132. The molecule has 0 saturated carbocycles. The van der Waals surface area contributed by atoms with Crippen molar-refractivity contribution in [2.75, 3.05) is 44.6 Å². The van der Waals surface area contributed by atoms with E-state index < -0.39 is 6.04 Å². The molecule has 1 atom stereocenters. The standard InChI is InChI=1S/C21H26N6O3/c1-26-8-4-5-13-10-22-19-18(13)20(24-12-23-19)25-14-6-7-17(30-3)15(9-14)27(2)16(11-28)21(26)29/h6-7,9-10,12,16,28H,4-5,8,11H2,1-3H3,(H2,22,23,24,25)/t16-/m0/s1. The quantitative estimate of drug-likeness (QED) is 0.592. The molecule has 0 aliphatic carbocycles. The molecule has 2 aromatic heterocycles. The van der Waals surface area contributed by atoms with Crippen LogP contribution in [-0.2, 0) is 11.2 Å². The molecule has 1 aromatic carbocycles. The molecule has 9 nitrogen and oxygen atoms in total. The Kier molecular flexibility index (Phi) is 5.45. The van der Waals surface area contributed by atoms with Crippen LogP contribution in [-0.4, -0.2) is 71.3 Å². The summed E-state index contributed by atoms with van der Waals surface area (Å²) in [6.45, 7) is 0.276. The van der Waals surface area contributed by atoms with Gasteiger partial charge in [0, 0.05) is 32.5 Å². The van der Waals surface area contributed by atoms with Crippen LogP contribution in [0.5, 0.6) is 5.75 Å². The molecule has 0 fully saturated rings. The maximum Gasteiger partial charge on any atom is 0.247 e. The fraction of sp³-hybridized carbons (Fsp3) is 0.381. The van der Waals surface area contributed by atoms with Crippen molar-refractivity contribution < 1.29 is 14.6 Å². The first-order valence-electron chi connectivity index (χ1n) is 9.88. The van der Waals surface area contributed by atoms with Gasteiger partial charge in [0.15, 0.2) is 0 Å². The normalized spacial score (nSPS) is 17.6. The van der Waals surface area contributed by atoms with Gasteiger partial charge in [-0.2, -0.15) is 0 Å². The van der Waals surface area contributed by atoms with E-state index in [9.17, 15) is 9.90 Å². The van der Waals surface area contributed by atoms with Crippen LogP contribution in [0.3, 0.4) is 0 Å². The van der Waals surface area contributed by atoms with Crippen LogP contribution in [0, 0.1) is 0 Å². The highest BCUT2D eigenvalue weighted by Gasteiger charge is 2.28. The lowest BCUT2D eigenvalue weighted by Crippen LogP contribution is -2.48. The number of methoxy groups -OCH3 is 1. The van der Waals surface area contributed by atoms with Gasteiger partial charge in [-0.1, -0.05) is 0 Å². The van der Waals surface area contributed by atoms with Crippen LogP contribution >= 0.6 is 0 Å². The molecule has 1 aliphatic heterocycles.